The Labute approximate surface area is 86.7 Å². The summed E-state index contributed by atoms with van der Waals surface area (Å²) in [4.78, 5) is 11.0. The largest absolute Gasteiger partial charge is 0.365 e. The van der Waals surface area contributed by atoms with E-state index >= 15 is 0 Å². The second-order valence-electron chi connectivity index (χ2n) is 3.16. The Hall–Kier alpha value is -1.69. The van der Waals surface area contributed by atoms with Crippen LogP contribution in [-0.2, 0) is 21.2 Å². The lowest BCUT2D eigenvalue weighted by atomic mass is 10.1. The number of hydrogen-bond acceptors (Lipinski definition) is 3. The first-order valence-corrected chi connectivity index (χ1v) is 5.66. The summed E-state index contributed by atoms with van der Waals surface area (Å²) in [6.07, 6.45) is 0.171. The molecule has 0 unspecified atom stereocenters. The molecule has 2 N–H and O–H groups in total. The van der Waals surface area contributed by atoms with Crippen LogP contribution in [0.5, 0.6) is 0 Å². The summed E-state index contributed by atoms with van der Waals surface area (Å²) in [6.45, 7) is 0. The first-order valence-electron chi connectivity index (χ1n) is 4.22. The van der Waals surface area contributed by atoms with Gasteiger partial charge in [-0.25, -0.2) is 0 Å². The van der Waals surface area contributed by atoms with Gasteiger partial charge < -0.3 is 5.73 Å². The number of hydrogen-bond donors (Lipinski definition) is 1. The lowest BCUT2D eigenvalue weighted by molar-refractivity contribution is -0.112. The zero-order valence-electron chi connectivity index (χ0n) is 7.67. The highest BCUT2D eigenvalue weighted by Crippen LogP contribution is 2.23. The summed E-state index contributed by atoms with van der Waals surface area (Å²) in [5.74, 6) is -0.798. The highest BCUT2D eigenvalue weighted by atomic mass is 32.2. The van der Waals surface area contributed by atoms with Gasteiger partial charge in [-0.2, -0.15) is 12.8 Å². The fraction of sp³-hybridized carbons (Fsp3) is 0.111. The Bertz CT molecular complexity index is 560. The van der Waals surface area contributed by atoms with Gasteiger partial charge in [0.2, 0.25) is 0 Å². The highest BCUT2D eigenvalue weighted by Gasteiger charge is 2.26. The van der Waals surface area contributed by atoms with Crippen LogP contribution in [0.4, 0.5) is 0 Å². The Balaban J connectivity index is 2.65. The number of benzene rings is 1. The van der Waals surface area contributed by atoms with Crippen LogP contribution in [0.2, 0.25) is 0 Å². The molecule has 0 saturated carbocycles. The maximum absolute atomic E-state index is 11.6. The number of sulfonamides is 1. The SMILES string of the molecule is NC(=O)C1=NS(=O)(=O)c2ccccc2C1. The molecule has 6 heteroatoms. The monoisotopic (exact) mass is 224 g/mol. The first-order chi connectivity index (χ1) is 7.00. The number of amides is 1. The number of carbonyl (C=O) groups is 1. The van der Waals surface area contributed by atoms with E-state index in [4.69, 9.17) is 5.73 Å². The van der Waals surface area contributed by atoms with Crippen molar-refractivity contribution >= 4 is 21.6 Å². The van der Waals surface area contributed by atoms with E-state index in [1.165, 1.54) is 6.07 Å². The molecule has 0 aromatic heterocycles. The molecule has 0 aliphatic carbocycles. The Morgan fingerprint density at radius 3 is 2.67 bits per heavy atom. The van der Waals surface area contributed by atoms with Crippen LogP contribution in [0.25, 0.3) is 0 Å². The van der Waals surface area contributed by atoms with Gasteiger partial charge in [-0.3, -0.25) is 4.79 Å². The predicted molar refractivity (Wildman–Crippen MR) is 54.0 cm³/mol. The minimum atomic E-state index is -3.75. The van der Waals surface area contributed by atoms with Crippen molar-refractivity contribution in [3.63, 3.8) is 0 Å². The van der Waals surface area contributed by atoms with Gasteiger partial charge in [0, 0.05) is 6.42 Å². The van der Waals surface area contributed by atoms with Gasteiger partial charge in [0.25, 0.3) is 15.9 Å². The molecule has 1 heterocycles. The van der Waals surface area contributed by atoms with E-state index in [9.17, 15) is 13.2 Å². The van der Waals surface area contributed by atoms with Gasteiger partial charge >= 0.3 is 0 Å². The number of carbonyl (C=O) groups excluding carboxylic acids is 1. The Morgan fingerprint density at radius 2 is 2.00 bits per heavy atom. The van der Waals surface area contributed by atoms with E-state index in [1.807, 2.05) is 0 Å². The van der Waals surface area contributed by atoms with Gasteiger partial charge in [-0.05, 0) is 11.6 Å². The van der Waals surface area contributed by atoms with Gasteiger partial charge in [-0.15, -0.1) is 0 Å². The molecule has 1 amide bonds. The summed E-state index contributed by atoms with van der Waals surface area (Å²) in [5, 5.41) is 0. The Morgan fingerprint density at radius 1 is 1.33 bits per heavy atom. The minimum Gasteiger partial charge on any atom is -0.365 e. The average molecular weight is 224 g/mol. The van der Waals surface area contributed by atoms with Gasteiger partial charge in [-0.1, -0.05) is 18.2 Å². The fourth-order valence-corrected chi connectivity index (χ4v) is 2.71. The van der Waals surface area contributed by atoms with E-state index in [0.717, 1.165) is 0 Å². The quantitative estimate of drug-likeness (QED) is 0.719. The fourth-order valence-electron chi connectivity index (χ4n) is 1.44. The van der Waals surface area contributed by atoms with Crippen LogP contribution in [0.3, 0.4) is 0 Å². The molecule has 0 saturated heterocycles. The van der Waals surface area contributed by atoms with E-state index in [0.29, 0.717) is 5.56 Å². The molecule has 0 radical (unpaired) electrons. The van der Waals surface area contributed by atoms with E-state index < -0.39 is 15.9 Å². The molecular weight excluding hydrogens is 216 g/mol. The van der Waals surface area contributed by atoms with Crippen molar-refractivity contribution in [2.24, 2.45) is 10.1 Å². The summed E-state index contributed by atoms with van der Waals surface area (Å²) < 4.78 is 26.6. The molecule has 1 aromatic carbocycles. The zero-order chi connectivity index (χ0) is 11.1. The smallest absolute Gasteiger partial charge is 0.283 e. The summed E-state index contributed by atoms with van der Waals surface area (Å²) in [7, 11) is -3.75. The van der Waals surface area contributed by atoms with Gasteiger partial charge in [0.15, 0.2) is 0 Å². The second-order valence-corrected chi connectivity index (χ2v) is 4.73. The lowest BCUT2D eigenvalue weighted by Crippen LogP contribution is -2.29. The average Bonchev–Trinajstić information content (AvgIpc) is 2.16. The van der Waals surface area contributed by atoms with Crippen LogP contribution in [0.1, 0.15) is 5.56 Å². The van der Waals surface area contributed by atoms with Crippen molar-refractivity contribution in [3.05, 3.63) is 29.8 Å². The van der Waals surface area contributed by atoms with Crippen molar-refractivity contribution in [1.29, 1.82) is 0 Å². The van der Waals surface area contributed by atoms with Crippen molar-refractivity contribution in [2.75, 3.05) is 0 Å². The van der Waals surface area contributed by atoms with Crippen LogP contribution in [-0.4, -0.2) is 20.0 Å². The zero-order valence-corrected chi connectivity index (χ0v) is 8.49. The Kier molecular flexibility index (Phi) is 2.08. The highest BCUT2D eigenvalue weighted by molar-refractivity contribution is 7.90. The maximum Gasteiger partial charge on any atom is 0.283 e. The predicted octanol–water partition coefficient (Wildman–Crippen LogP) is -0.142. The number of primary amides is 1. The number of rotatable bonds is 1. The topological polar surface area (TPSA) is 89.6 Å². The summed E-state index contributed by atoms with van der Waals surface area (Å²) in [6, 6.07) is 6.43. The number of nitrogens with two attached hydrogens (primary N) is 1. The normalized spacial score (nSPS) is 17.7. The van der Waals surface area contributed by atoms with Crippen LogP contribution in [0.15, 0.2) is 33.6 Å². The summed E-state index contributed by atoms with van der Waals surface area (Å²) >= 11 is 0. The molecule has 78 valence electrons. The number of nitrogens with zero attached hydrogens (tertiary/aromatic N) is 1. The third-order valence-electron chi connectivity index (χ3n) is 2.12. The summed E-state index contributed by atoms with van der Waals surface area (Å²) in [5.41, 5.74) is 5.45. The molecule has 1 aliphatic rings. The molecule has 15 heavy (non-hydrogen) atoms. The minimum absolute atomic E-state index is 0.117. The second kappa shape index (κ2) is 3.16. The molecule has 2 rings (SSSR count). The molecular formula is C9H8N2O3S. The maximum atomic E-state index is 11.6. The van der Waals surface area contributed by atoms with Crippen LogP contribution >= 0.6 is 0 Å². The third-order valence-corrected chi connectivity index (χ3v) is 3.54. The van der Waals surface area contributed by atoms with Gasteiger partial charge in [0.05, 0.1) is 4.90 Å². The van der Waals surface area contributed by atoms with Crippen LogP contribution < -0.4 is 5.73 Å². The molecule has 0 spiro atoms. The molecule has 0 fully saturated rings. The first kappa shape index (κ1) is 9.85. The molecule has 5 nitrogen and oxygen atoms in total. The molecule has 1 aromatic rings. The third kappa shape index (κ3) is 1.63. The van der Waals surface area contributed by atoms with Crippen molar-refractivity contribution in [1.82, 2.24) is 0 Å². The van der Waals surface area contributed by atoms with E-state index in [1.54, 1.807) is 18.2 Å². The molecule has 1 aliphatic heterocycles. The van der Waals surface area contributed by atoms with Crippen molar-refractivity contribution in [3.8, 4) is 0 Å². The number of fused-ring (bicyclic) bond motifs is 1. The van der Waals surface area contributed by atoms with Crippen molar-refractivity contribution < 1.29 is 13.2 Å². The van der Waals surface area contributed by atoms with Crippen LogP contribution in [0, 0.1) is 0 Å². The molecule has 0 atom stereocenters. The van der Waals surface area contributed by atoms with Crippen molar-refractivity contribution in [2.45, 2.75) is 11.3 Å². The van der Waals surface area contributed by atoms with E-state index in [-0.39, 0.29) is 17.0 Å². The van der Waals surface area contributed by atoms with E-state index in [2.05, 4.69) is 4.40 Å². The standard InChI is InChI=1S/C9H8N2O3S/c10-9(12)7-5-6-3-1-2-4-8(6)15(13,14)11-7/h1-4H,5H2,(H2,10,12). The molecule has 0 bridgehead atoms. The van der Waals surface area contributed by atoms with Gasteiger partial charge in [0.1, 0.15) is 5.71 Å². The lowest BCUT2D eigenvalue weighted by Gasteiger charge is -2.13.